The van der Waals surface area contributed by atoms with Crippen LogP contribution in [0.25, 0.3) is 12.2 Å². The van der Waals surface area contributed by atoms with Crippen LogP contribution in [0.2, 0.25) is 0 Å². The number of nitrogens with zero attached hydrogens (tertiary/aromatic N) is 3. The van der Waals surface area contributed by atoms with Gasteiger partial charge in [-0.25, -0.2) is 4.39 Å². The number of nitrogens with one attached hydrogen (secondary N) is 1. The molecule has 1 fully saturated rings. The van der Waals surface area contributed by atoms with Crippen LogP contribution in [0.4, 0.5) is 4.39 Å². The molecule has 1 aliphatic heterocycles. The molecule has 0 saturated carbocycles. The molecule has 2 aliphatic rings. The van der Waals surface area contributed by atoms with Crippen LogP contribution in [0.1, 0.15) is 44.8 Å². The fourth-order valence-corrected chi connectivity index (χ4v) is 4.26. The molecule has 1 aromatic heterocycles. The Morgan fingerprint density at radius 2 is 1.80 bits per heavy atom. The Bertz CT molecular complexity index is 1200. The van der Waals surface area contributed by atoms with Gasteiger partial charge in [0.05, 0.1) is 5.56 Å². The normalized spacial score (nSPS) is 16.7. The molecule has 0 unspecified atom stereocenters. The SMILES string of the molecule is CN1CCN(C2=C(NC(=O)CCCCl)C(=O)c3c(/C=C/c4ccc(F)cc4)ccnc3C2=O)CC1. The van der Waals surface area contributed by atoms with E-state index in [1.54, 1.807) is 30.4 Å². The van der Waals surface area contributed by atoms with E-state index in [2.05, 4.69) is 15.2 Å². The molecule has 0 radical (unpaired) electrons. The van der Waals surface area contributed by atoms with Crippen LogP contribution in [-0.4, -0.2) is 71.4 Å². The van der Waals surface area contributed by atoms with Crippen molar-refractivity contribution < 1.29 is 18.8 Å². The molecule has 7 nitrogen and oxygen atoms in total. The van der Waals surface area contributed by atoms with Crippen molar-refractivity contribution >= 4 is 41.2 Å². The van der Waals surface area contributed by atoms with E-state index >= 15 is 0 Å². The molecule has 1 aromatic carbocycles. The maximum atomic E-state index is 13.8. The Morgan fingerprint density at radius 1 is 1.09 bits per heavy atom. The lowest BCUT2D eigenvalue weighted by molar-refractivity contribution is -0.120. The van der Waals surface area contributed by atoms with Gasteiger partial charge in [0.15, 0.2) is 0 Å². The highest BCUT2D eigenvalue weighted by Gasteiger charge is 2.38. The zero-order valence-corrected chi connectivity index (χ0v) is 20.1. The molecule has 1 saturated heterocycles. The number of pyridine rings is 1. The average Bonchev–Trinajstić information content (AvgIpc) is 2.86. The first kappa shape index (κ1) is 24.8. The van der Waals surface area contributed by atoms with Crippen molar-refractivity contribution in [3.05, 3.63) is 76.1 Å². The molecule has 0 bridgehead atoms. The fourth-order valence-electron chi connectivity index (χ4n) is 4.12. The third kappa shape index (κ3) is 5.49. The summed E-state index contributed by atoms with van der Waals surface area (Å²) >= 11 is 5.72. The van der Waals surface area contributed by atoms with E-state index in [1.165, 1.54) is 18.3 Å². The van der Waals surface area contributed by atoms with E-state index < -0.39 is 11.6 Å². The Balaban J connectivity index is 1.74. The molecular weight excluding hydrogens is 471 g/mol. The average molecular weight is 497 g/mol. The van der Waals surface area contributed by atoms with E-state index in [0.717, 1.165) is 18.7 Å². The fraction of sp³-hybridized carbons (Fsp3) is 0.308. The number of allylic oxidation sites excluding steroid dienone is 2. The number of piperazine rings is 1. The highest BCUT2D eigenvalue weighted by Crippen LogP contribution is 2.30. The van der Waals surface area contributed by atoms with Gasteiger partial charge in [-0.15, -0.1) is 11.6 Å². The molecule has 0 spiro atoms. The predicted molar refractivity (Wildman–Crippen MR) is 132 cm³/mol. The Kier molecular flexibility index (Phi) is 7.73. The molecule has 2 heterocycles. The van der Waals surface area contributed by atoms with Gasteiger partial charge in [-0.05, 0) is 42.8 Å². The van der Waals surface area contributed by atoms with Gasteiger partial charge >= 0.3 is 0 Å². The summed E-state index contributed by atoms with van der Waals surface area (Å²) in [6.45, 7) is 2.54. The van der Waals surface area contributed by atoms with Crippen LogP contribution in [0.5, 0.6) is 0 Å². The maximum absolute atomic E-state index is 13.8. The van der Waals surface area contributed by atoms with Gasteiger partial charge in [0.2, 0.25) is 17.5 Å². The van der Waals surface area contributed by atoms with Crippen molar-refractivity contribution in [3.63, 3.8) is 0 Å². The number of rotatable bonds is 7. The highest BCUT2D eigenvalue weighted by atomic mass is 35.5. The van der Waals surface area contributed by atoms with Gasteiger partial charge < -0.3 is 15.1 Å². The Labute approximate surface area is 208 Å². The molecule has 9 heteroatoms. The summed E-state index contributed by atoms with van der Waals surface area (Å²) in [5.74, 6) is -1.26. The van der Waals surface area contributed by atoms with Crippen LogP contribution in [0.3, 0.4) is 0 Å². The van der Waals surface area contributed by atoms with Crippen molar-refractivity contribution in [2.75, 3.05) is 39.1 Å². The lowest BCUT2D eigenvalue weighted by Crippen LogP contribution is -2.48. The van der Waals surface area contributed by atoms with E-state index in [9.17, 15) is 18.8 Å². The minimum Gasteiger partial charge on any atom is -0.364 e. The second kappa shape index (κ2) is 10.9. The number of ketones is 2. The molecule has 0 atom stereocenters. The van der Waals surface area contributed by atoms with E-state index in [4.69, 9.17) is 11.6 Å². The highest BCUT2D eigenvalue weighted by molar-refractivity contribution is 6.27. The van der Waals surface area contributed by atoms with Crippen LogP contribution < -0.4 is 5.32 Å². The van der Waals surface area contributed by atoms with Crippen LogP contribution >= 0.6 is 11.6 Å². The van der Waals surface area contributed by atoms with Crippen molar-refractivity contribution in [2.45, 2.75) is 12.8 Å². The van der Waals surface area contributed by atoms with E-state index in [0.29, 0.717) is 31.0 Å². The minimum atomic E-state index is -0.459. The zero-order chi connectivity index (χ0) is 24.9. The Morgan fingerprint density at radius 3 is 2.49 bits per heavy atom. The number of carbonyl (C=O) groups excluding carboxylic acids is 3. The van der Waals surface area contributed by atoms with Crippen molar-refractivity contribution in [2.24, 2.45) is 0 Å². The van der Waals surface area contributed by atoms with Gasteiger partial charge in [-0.3, -0.25) is 19.4 Å². The number of amides is 1. The largest absolute Gasteiger partial charge is 0.364 e. The van der Waals surface area contributed by atoms with E-state index in [1.807, 2.05) is 11.9 Å². The molecular formula is C26H26ClFN4O3. The monoisotopic (exact) mass is 496 g/mol. The Hall–Kier alpha value is -3.36. The lowest BCUT2D eigenvalue weighted by atomic mass is 9.89. The summed E-state index contributed by atoms with van der Waals surface area (Å²) in [5.41, 5.74) is 1.58. The predicted octanol–water partition coefficient (Wildman–Crippen LogP) is 3.36. The van der Waals surface area contributed by atoms with Crippen molar-refractivity contribution in [1.82, 2.24) is 20.1 Å². The second-order valence-corrected chi connectivity index (χ2v) is 8.90. The topological polar surface area (TPSA) is 82.6 Å². The van der Waals surface area contributed by atoms with Crippen molar-refractivity contribution in [3.8, 4) is 0 Å². The summed E-state index contributed by atoms with van der Waals surface area (Å²) in [4.78, 5) is 48.2. The molecule has 4 rings (SSSR count). The van der Waals surface area contributed by atoms with Crippen molar-refractivity contribution in [1.29, 1.82) is 0 Å². The number of Topliss-reactive ketones (excluding diaryl/α,β-unsaturated/α-hetero) is 2. The third-order valence-corrected chi connectivity index (χ3v) is 6.32. The summed E-state index contributed by atoms with van der Waals surface area (Å²) in [6.07, 6.45) is 5.50. The molecule has 2 aromatic rings. The second-order valence-electron chi connectivity index (χ2n) is 8.52. The molecule has 1 aliphatic carbocycles. The standard InChI is InChI=1S/C26H26ClFN4O3/c1-31-13-15-32(16-14-31)24-23(30-20(33)3-2-11-27)25(34)21-18(10-12-29-22(21)26(24)35)7-4-17-5-8-19(28)9-6-17/h4-10,12H,2-3,11,13-16H2,1H3,(H,30,33)/b7-4+. The number of aromatic nitrogens is 1. The summed E-state index contributed by atoms with van der Waals surface area (Å²) in [5, 5.41) is 2.70. The zero-order valence-electron chi connectivity index (χ0n) is 19.4. The number of benzene rings is 1. The summed E-state index contributed by atoms with van der Waals surface area (Å²) in [6, 6.07) is 7.55. The maximum Gasteiger partial charge on any atom is 0.230 e. The number of fused-ring (bicyclic) bond motifs is 1. The van der Waals surface area contributed by atoms with Crippen LogP contribution in [0.15, 0.2) is 47.9 Å². The smallest absolute Gasteiger partial charge is 0.230 e. The number of halogens is 2. The first-order valence-corrected chi connectivity index (χ1v) is 12.0. The number of likely N-dealkylation sites (N-methyl/N-ethyl adjacent to an activating group) is 1. The summed E-state index contributed by atoms with van der Waals surface area (Å²) in [7, 11) is 1.99. The quantitative estimate of drug-likeness (QED) is 0.592. The molecule has 35 heavy (non-hydrogen) atoms. The van der Waals surface area contributed by atoms with Gasteiger partial charge in [-0.1, -0.05) is 24.3 Å². The number of hydrogen-bond donors (Lipinski definition) is 1. The molecule has 182 valence electrons. The number of hydrogen-bond acceptors (Lipinski definition) is 6. The lowest BCUT2D eigenvalue weighted by Gasteiger charge is -2.37. The van der Waals surface area contributed by atoms with E-state index in [-0.39, 0.29) is 40.8 Å². The van der Waals surface area contributed by atoms with Gasteiger partial charge in [0.25, 0.3) is 0 Å². The van der Waals surface area contributed by atoms with Gasteiger partial charge in [0, 0.05) is 44.7 Å². The first-order chi connectivity index (χ1) is 16.9. The van der Waals surface area contributed by atoms with Gasteiger partial charge in [-0.2, -0.15) is 0 Å². The number of alkyl halides is 1. The molecule has 1 N–H and O–H groups in total. The number of carbonyl (C=O) groups is 3. The third-order valence-electron chi connectivity index (χ3n) is 6.05. The van der Waals surface area contributed by atoms with Gasteiger partial charge in [0.1, 0.15) is 22.9 Å². The molecule has 1 amide bonds. The van der Waals surface area contributed by atoms with Crippen LogP contribution in [-0.2, 0) is 4.79 Å². The first-order valence-electron chi connectivity index (χ1n) is 11.4. The minimum absolute atomic E-state index is 0.0175. The van der Waals surface area contributed by atoms with Crippen LogP contribution in [0, 0.1) is 5.82 Å². The summed E-state index contributed by atoms with van der Waals surface area (Å²) < 4.78 is 13.2.